The Bertz CT molecular complexity index is 860. The fourth-order valence-electron chi connectivity index (χ4n) is 3.41. The zero-order chi connectivity index (χ0) is 19.0. The van der Waals surface area contributed by atoms with Crippen LogP contribution in [0.3, 0.4) is 0 Å². The molecule has 142 valence electrons. The number of amides is 1. The molecule has 2 N–H and O–H groups in total. The van der Waals surface area contributed by atoms with Crippen molar-refractivity contribution in [2.24, 2.45) is 0 Å². The van der Waals surface area contributed by atoms with Crippen LogP contribution >= 0.6 is 0 Å². The number of aryl methyl sites for hydroxylation is 1. The quantitative estimate of drug-likeness (QED) is 0.844. The molecule has 2 heterocycles. The molecular formula is C21H25N3O3. The minimum Gasteiger partial charge on any atom is -0.482 e. The summed E-state index contributed by atoms with van der Waals surface area (Å²) in [5, 5.41) is 6.24. The van der Waals surface area contributed by atoms with Gasteiger partial charge in [0.25, 0.3) is 5.91 Å². The summed E-state index contributed by atoms with van der Waals surface area (Å²) in [6.07, 6.45) is 0.610. The molecule has 0 spiro atoms. The van der Waals surface area contributed by atoms with Crippen LogP contribution in [0.5, 0.6) is 5.75 Å². The van der Waals surface area contributed by atoms with Crippen molar-refractivity contribution in [1.82, 2.24) is 0 Å². The molecule has 0 bridgehead atoms. The second kappa shape index (κ2) is 7.12. The molecule has 0 atom stereocenters. The molecular weight excluding hydrogens is 342 g/mol. The smallest absolute Gasteiger partial charge is 0.262 e. The van der Waals surface area contributed by atoms with Gasteiger partial charge in [-0.25, -0.2) is 0 Å². The van der Waals surface area contributed by atoms with Crippen LogP contribution in [0.2, 0.25) is 0 Å². The highest BCUT2D eigenvalue weighted by atomic mass is 16.5. The minimum atomic E-state index is -0.123. The van der Waals surface area contributed by atoms with Crippen molar-refractivity contribution in [3.63, 3.8) is 0 Å². The van der Waals surface area contributed by atoms with E-state index < -0.39 is 0 Å². The minimum absolute atomic E-state index is 0.0571. The highest BCUT2D eigenvalue weighted by molar-refractivity contribution is 5.95. The van der Waals surface area contributed by atoms with Crippen LogP contribution in [0.1, 0.15) is 19.4 Å². The first-order valence-electron chi connectivity index (χ1n) is 9.33. The Morgan fingerprint density at radius 2 is 2.04 bits per heavy atom. The summed E-state index contributed by atoms with van der Waals surface area (Å²) in [6, 6.07) is 12.1. The van der Waals surface area contributed by atoms with Crippen molar-refractivity contribution in [3.05, 3.63) is 42.0 Å². The lowest BCUT2D eigenvalue weighted by Crippen LogP contribution is -2.53. The van der Waals surface area contributed by atoms with E-state index in [-0.39, 0.29) is 18.6 Å². The molecule has 0 aromatic heterocycles. The predicted octanol–water partition coefficient (Wildman–Crippen LogP) is 3.68. The van der Waals surface area contributed by atoms with Crippen LogP contribution in [0.15, 0.2) is 36.4 Å². The van der Waals surface area contributed by atoms with E-state index in [9.17, 15) is 4.79 Å². The molecule has 0 unspecified atom stereocenters. The summed E-state index contributed by atoms with van der Waals surface area (Å²) < 4.78 is 11.3. The highest BCUT2D eigenvalue weighted by Gasteiger charge is 2.28. The molecule has 2 aromatic rings. The molecule has 0 aliphatic carbocycles. The number of carbonyl (C=O) groups excluding carboxylic acids is 1. The summed E-state index contributed by atoms with van der Waals surface area (Å²) in [4.78, 5) is 13.7. The van der Waals surface area contributed by atoms with Gasteiger partial charge < -0.3 is 25.0 Å². The second-order valence-corrected chi connectivity index (χ2v) is 7.38. The van der Waals surface area contributed by atoms with E-state index in [0.29, 0.717) is 17.5 Å². The fourth-order valence-corrected chi connectivity index (χ4v) is 3.41. The molecule has 6 heteroatoms. The van der Waals surface area contributed by atoms with E-state index in [1.54, 1.807) is 0 Å². The maximum Gasteiger partial charge on any atom is 0.262 e. The second-order valence-electron chi connectivity index (χ2n) is 7.38. The Labute approximate surface area is 159 Å². The summed E-state index contributed by atoms with van der Waals surface area (Å²) in [5.74, 6) is 0.562. The van der Waals surface area contributed by atoms with Crippen LogP contribution in [0, 0.1) is 6.92 Å². The van der Waals surface area contributed by atoms with Crippen LogP contribution in [-0.2, 0) is 9.53 Å². The number of hydrogen-bond acceptors (Lipinski definition) is 5. The molecule has 2 aromatic carbocycles. The largest absolute Gasteiger partial charge is 0.482 e. The lowest BCUT2D eigenvalue weighted by atomic mass is 10.1. The van der Waals surface area contributed by atoms with Crippen molar-refractivity contribution >= 4 is 28.7 Å². The van der Waals surface area contributed by atoms with Crippen molar-refractivity contribution in [3.8, 4) is 5.75 Å². The molecule has 6 nitrogen and oxygen atoms in total. The van der Waals surface area contributed by atoms with Crippen LogP contribution < -0.4 is 20.3 Å². The third kappa shape index (κ3) is 3.85. The van der Waals surface area contributed by atoms with E-state index in [0.717, 1.165) is 24.5 Å². The molecule has 1 saturated heterocycles. The predicted molar refractivity (Wildman–Crippen MR) is 107 cm³/mol. The van der Waals surface area contributed by atoms with E-state index in [1.807, 2.05) is 18.2 Å². The molecule has 1 amide bonds. The van der Waals surface area contributed by atoms with Crippen molar-refractivity contribution in [1.29, 1.82) is 0 Å². The average Bonchev–Trinajstić information content (AvgIpc) is 2.59. The normalized spacial score (nSPS) is 16.4. The third-order valence-corrected chi connectivity index (χ3v) is 4.78. The monoisotopic (exact) mass is 367 g/mol. The first-order valence-corrected chi connectivity index (χ1v) is 9.33. The zero-order valence-electron chi connectivity index (χ0n) is 15.9. The van der Waals surface area contributed by atoms with Crippen LogP contribution in [0.25, 0.3) is 0 Å². The SMILES string of the molecule is Cc1cc(N2CC(OC(C)C)C2)ccc1Nc1ccc2c(c1)OCC(=O)N2. The fraction of sp³-hybridized carbons (Fsp3) is 0.381. The topological polar surface area (TPSA) is 62.8 Å². The van der Waals surface area contributed by atoms with E-state index >= 15 is 0 Å². The van der Waals surface area contributed by atoms with Gasteiger partial charge in [0, 0.05) is 36.2 Å². The number of ether oxygens (including phenoxy) is 2. The molecule has 4 rings (SSSR count). The number of rotatable bonds is 5. The number of anilines is 4. The zero-order valence-corrected chi connectivity index (χ0v) is 15.9. The highest BCUT2D eigenvalue weighted by Crippen LogP contribution is 2.33. The number of nitrogens with one attached hydrogen (secondary N) is 2. The van der Waals surface area contributed by atoms with Gasteiger partial charge in [0.05, 0.1) is 17.9 Å². The summed E-state index contributed by atoms with van der Waals surface area (Å²) in [6.45, 7) is 8.20. The standard InChI is InChI=1S/C21H25N3O3/c1-13(2)27-17-10-24(11-17)16-5-7-18(14(3)8-16)22-15-4-6-19-20(9-15)26-12-21(25)23-19/h4-9,13,17,22H,10-12H2,1-3H3,(H,23,25). The first-order chi connectivity index (χ1) is 13.0. The van der Waals surface area contributed by atoms with E-state index in [2.05, 4.69) is 54.5 Å². The van der Waals surface area contributed by atoms with E-state index in [4.69, 9.17) is 9.47 Å². The molecule has 1 fully saturated rings. The molecule has 0 radical (unpaired) electrons. The van der Waals surface area contributed by atoms with Crippen molar-refractivity contribution in [2.45, 2.75) is 33.0 Å². The van der Waals surface area contributed by atoms with Gasteiger partial charge in [0.15, 0.2) is 6.61 Å². The van der Waals surface area contributed by atoms with Gasteiger partial charge >= 0.3 is 0 Å². The summed E-state index contributed by atoms with van der Waals surface area (Å²) >= 11 is 0. The number of hydrogen-bond donors (Lipinski definition) is 2. The van der Waals surface area contributed by atoms with Crippen molar-refractivity contribution < 1.29 is 14.3 Å². The third-order valence-electron chi connectivity index (χ3n) is 4.78. The van der Waals surface area contributed by atoms with Crippen LogP contribution in [-0.4, -0.2) is 37.8 Å². The Balaban J connectivity index is 1.42. The van der Waals surface area contributed by atoms with Gasteiger partial charge in [-0.1, -0.05) is 0 Å². The number of benzene rings is 2. The van der Waals surface area contributed by atoms with Gasteiger partial charge in [-0.05, 0) is 56.7 Å². The lowest BCUT2D eigenvalue weighted by Gasteiger charge is -2.41. The average molecular weight is 367 g/mol. The number of nitrogens with zero attached hydrogens (tertiary/aromatic N) is 1. The number of fused-ring (bicyclic) bond motifs is 1. The molecule has 2 aliphatic heterocycles. The Kier molecular flexibility index (Phi) is 4.66. The molecule has 27 heavy (non-hydrogen) atoms. The van der Waals surface area contributed by atoms with Crippen LogP contribution in [0.4, 0.5) is 22.7 Å². The Hall–Kier alpha value is -2.73. The molecule has 2 aliphatic rings. The summed E-state index contributed by atoms with van der Waals surface area (Å²) in [5.41, 5.74) is 5.08. The van der Waals surface area contributed by atoms with Gasteiger partial charge in [0.2, 0.25) is 0 Å². The van der Waals surface area contributed by atoms with E-state index in [1.165, 1.54) is 11.3 Å². The maximum atomic E-state index is 11.4. The van der Waals surface area contributed by atoms with Gasteiger partial charge in [-0.15, -0.1) is 0 Å². The van der Waals surface area contributed by atoms with Gasteiger partial charge in [-0.3, -0.25) is 4.79 Å². The summed E-state index contributed by atoms with van der Waals surface area (Å²) in [7, 11) is 0. The Morgan fingerprint density at radius 1 is 1.22 bits per heavy atom. The van der Waals surface area contributed by atoms with Gasteiger partial charge in [-0.2, -0.15) is 0 Å². The number of carbonyl (C=O) groups is 1. The Morgan fingerprint density at radius 3 is 2.78 bits per heavy atom. The maximum absolute atomic E-state index is 11.4. The molecule has 0 saturated carbocycles. The van der Waals surface area contributed by atoms with Crippen molar-refractivity contribution in [2.75, 3.05) is 35.2 Å². The van der Waals surface area contributed by atoms with Gasteiger partial charge in [0.1, 0.15) is 5.75 Å². The lowest BCUT2D eigenvalue weighted by molar-refractivity contribution is -0.118. The first kappa shape index (κ1) is 17.7.